The van der Waals surface area contributed by atoms with Gasteiger partial charge in [0, 0.05) is 38.4 Å². The van der Waals surface area contributed by atoms with Gasteiger partial charge in [-0.3, -0.25) is 4.68 Å². The van der Waals surface area contributed by atoms with E-state index in [1.165, 1.54) is 16.9 Å². The molecule has 21 heavy (non-hydrogen) atoms. The molecule has 0 saturated carbocycles. The standard InChI is InChI=1S/C17H24N4/c1-4-15-17(12-20(3)19-15)21-11-16(18-10-13(21)2)14-8-6-5-7-9-14/h5-9,12-13,16,18H,4,10-11H2,1-3H3. The Balaban J connectivity index is 1.87. The van der Waals surface area contributed by atoms with Crippen LogP contribution in [0.4, 0.5) is 5.69 Å². The minimum absolute atomic E-state index is 0.382. The number of nitrogens with one attached hydrogen (secondary N) is 1. The predicted molar refractivity (Wildman–Crippen MR) is 86.6 cm³/mol. The third kappa shape index (κ3) is 2.81. The van der Waals surface area contributed by atoms with Gasteiger partial charge < -0.3 is 10.2 Å². The molecule has 2 unspecified atom stereocenters. The second-order valence-electron chi connectivity index (χ2n) is 5.86. The number of aryl methyl sites for hydroxylation is 2. The van der Waals surface area contributed by atoms with Crippen LogP contribution in [0.2, 0.25) is 0 Å². The third-order valence-corrected chi connectivity index (χ3v) is 4.30. The number of aromatic nitrogens is 2. The maximum Gasteiger partial charge on any atom is 0.0855 e. The molecular weight excluding hydrogens is 260 g/mol. The van der Waals surface area contributed by atoms with Gasteiger partial charge in [0.1, 0.15) is 0 Å². The Kier molecular flexibility index (Phi) is 3.97. The lowest BCUT2D eigenvalue weighted by atomic mass is 10.0. The van der Waals surface area contributed by atoms with Crippen molar-refractivity contribution in [2.45, 2.75) is 32.4 Å². The van der Waals surface area contributed by atoms with E-state index in [0.29, 0.717) is 12.1 Å². The number of anilines is 1. The molecule has 1 fully saturated rings. The summed E-state index contributed by atoms with van der Waals surface area (Å²) >= 11 is 0. The lowest BCUT2D eigenvalue weighted by Crippen LogP contribution is -2.51. The van der Waals surface area contributed by atoms with Crippen molar-refractivity contribution in [3.05, 3.63) is 47.8 Å². The summed E-state index contributed by atoms with van der Waals surface area (Å²) in [4.78, 5) is 2.50. The van der Waals surface area contributed by atoms with Gasteiger partial charge in [0.25, 0.3) is 0 Å². The maximum atomic E-state index is 4.59. The van der Waals surface area contributed by atoms with E-state index < -0.39 is 0 Å². The minimum Gasteiger partial charge on any atom is -0.363 e. The number of nitrogens with zero attached hydrogens (tertiary/aromatic N) is 3. The Morgan fingerprint density at radius 2 is 2.05 bits per heavy atom. The highest BCUT2D eigenvalue weighted by atomic mass is 15.3. The highest BCUT2D eigenvalue weighted by Crippen LogP contribution is 2.28. The number of hydrogen-bond acceptors (Lipinski definition) is 3. The van der Waals surface area contributed by atoms with E-state index in [-0.39, 0.29) is 0 Å². The molecule has 1 aromatic carbocycles. The lowest BCUT2D eigenvalue weighted by Gasteiger charge is -2.40. The van der Waals surface area contributed by atoms with Crippen molar-refractivity contribution >= 4 is 5.69 Å². The average Bonchev–Trinajstić information content (AvgIpc) is 2.89. The van der Waals surface area contributed by atoms with E-state index in [9.17, 15) is 0 Å². The second kappa shape index (κ2) is 5.90. The van der Waals surface area contributed by atoms with E-state index in [2.05, 4.69) is 65.7 Å². The van der Waals surface area contributed by atoms with Crippen molar-refractivity contribution in [1.82, 2.24) is 15.1 Å². The Morgan fingerprint density at radius 3 is 2.76 bits per heavy atom. The zero-order valence-electron chi connectivity index (χ0n) is 13.1. The molecule has 4 nitrogen and oxygen atoms in total. The molecule has 2 atom stereocenters. The van der Waals surface area contributed by atoms with Gasteiger partial charge in [0.15, 0.2) is 0 Å². The van der Waals surface area contributed by atoms with Gasteiger partial charge in [0.05, 0.1) is 11.4 Å². The zero-order chi connectivity index (χ0) is 14.8. The fourth-order valence-electron chi connectivity index (χ4n) is 3.12. The summed E-state index contributed by atoms with van der Waals surface area (Å²) in [6, 6.07) is 11.6. The molecule has 0 spiro atoms. The maximum absolute atomic E-state index is 4.59. The molecule has 2 heterocycles. The summed E-state index contributed by atoms with van der Waals surface area (Å²) in [7, 11) is 2.00. The van der Waals surface area contributed by atoms with Crippen molar-refractivity contribution in [2.24, 2.45) is 7.05 Å². The molecule has 2 aromatic rings. The highest BCUT2D eigenvalue weighted by molar-refractivity contribution is 5.51. The summed E-state index contributed by atoms with van der Waals surface area (Å²) in [6.07, 6.45) is 3.13. The van der Waals surface area contributed by atoms with Crippen LogP contribution in [0.5, 0.6) is 0 Å². The number of hydrogen-bond donors (Lipinski definition) is 1. The van der Waals surface area contributed by atoms with E-state index >= 15 is 0 Å². The predicted octanol–water partition coefficient (Wildman–Crippen LogP) is 2.52. The topological polar surface area (TPSA) is 33.1 Å². The van der Waals surface area contributed by atoms with Crippen molar-refractivity contribution < 1.29 is 0 Å². The highest BCUT2D eigenvalue weighted by Gasteiger charge is 2.28. The van der Waals surface area contributed by atoms with Crippen LogP contribution in [0.1, 0.15) is 31.1 Å². The first-order chi connectivity index (χ1) is 10.2. The molecule has 0 bridgehead atoms. The molecule has 4 heteroatoms. The number of benzene rings is 1. The molecule has 1 N–H and O–H groups in total. The minimum atomic E-state index is 0.382. The summed E-state index contributed by atoms with van der Waals surface area (Å²) in [5.41, 5.74) is 3.84. The van der Waals surface area contributed by atoms with Crippen LogP contribution < -0.4 is 10.2 Å². The van der Waals surface area contributed by atoms with Gasteiger partial charge in [-0.2, -0.15) is 5.10 Å². The summed E-state index contributed by atoms with van der Waals surface area (Å²) in [6.45, 7) is 6.44. The molecule has 1 saturated heterocycles. The van der Waals surface area contributed by atoms with Crippen LogP contribution in [-0.4, -0.2) is 28.9 Å². The van der Waals surface area contributed by atoms with Gasteiger partial charge in [-0.1, -0.05) is 37.3 Å². The van der Waals surface area contributed by atoms with Crippen LogP contribution in [0.3, 0.4) is 0 Å². The molecule has 0 aliphatic carbocycles. The van der Waals surface area contributed by atoms with E-state index in [0.717, 1.165) is 19.5 Å². The molecule has 3 rings (SSSR count). The Morgan fingerprint density at radius 1 is 1.29 bits per heavy atom. The van der Waals surface area contributed by atoms with Crippen molar-refractivity contribution in [3.63, 3.8) is 0 Å². The number of rotatable bonds is 3. The molecule has 1 aromatic heterocycles. The van der Waals surface area contributed by atoms with Crippen LogP contribution >= 0.6 is 0 Å². The van der Waals surface area contributed by atoms with Gasteiger partial charge in [-0.25, -0.2) is 0 Å². The quantitative estimate of drug-likeness (QED) is 0.940. The van der Waals surface area contributed by atoms with Crippen LogP contribution in [-0.2, 0) is 13.5 Å². The molecule has 0 radical (unpaired) electrons. The van der Waals surface area contributed by atoms with E-state index in [4.69, 9.17) is 0 Å². The summed E-state index contributed by atoms with van der Waals surface area (Å²) < 4.78 is 1.93. The van der Waals surface area contributed by atoms with Crippen LogP contribution in [0.15, 0.2) is 36.5 Å². The SMILES string of the molecule is CCc1nn(C)cc1N1CC(c2ccccc2)NCC1C. The Hall–Kier alpha value is -1.81. The van der Waals surface area contributed by atoms with Gasteiger partial charge in [0.2, 0.25) is 0 Å². The molecule has 1 aliphatic rings. The average molecular weight is 284 g/mol. The fourth-order valence-corrected chi connectivity index (χ4v) is 3.12. The van der Waals surface area contributed by atoms with Crippen molar-refractivity contribution in [3.8, 4) is 0 Å². The fraction of sp³-hybridized carbons (Fsp3) is 0.471. The van der Waals surface area contributed by atoms with Gasteiger partial charge in [-0.05, 0) is 18.9 Å². The van der Waals surface area contributed by atoms with Gasteiger partial charge in [-0.15, -0.1) is 0 Å². The van der Waals surface area contributed by atoms with E-state index in [1.807, 2.05) is 11.7 Å². The van der Waals surface area contributed by atoms with Crippen LogP contribution in [0, 0.1) is 0 Å². The summed E-state index contributed by atoms with van der Waals surface area (Å²) in [5.74, 6) is 0. The lowest BCUT2D eigenvalue weighted by molar-refractivity contribution is 0.414. The van der Waals surface area contributed by atoms with Crippen molar-refractivity contribution in [2.75, 3.05) is 18.0 Å². The molecule has 1 aliphatic heterocycles. The van der Waals surface area contributed by atoms with Gasteiger partial charge >= 0.3 is 0 Å². The first kappa shape index (κ1) is 14.1. The summed E-state index contributed by atoms with van der Waals surface area (Å²) in [5, 5.41) is 8.25. The van der Waals surface area contributed by atoms with E-state index in [1.54, 1.807) is 0 Å². The third-order valence-electron chi connectivity index (χ3n) is 4.30. The number of piperazine rings is 1. The normalized spacial score (nSPS) is 22.5. The first-order valence-electron chi connectivity index (χ1n) is 7.76. The second-order valence-corrected chi connectivity index (χ2v) is 5.86. The van der Waals surface area contributed by atoms with Crippen LogP contribution in [0.25, 0.3) is 0 Å². The largest absolute Gasteiger partial charge is 0.363 e. The zero-order valence-corrected chi connectivity index (χ0v) is 13.1. The smallest absolute Gasteiger partial charge is 0.0855 e. The Labute approximate surface area is 126 Å². The van der Waals surface area contributed by atoms with Crippen molar-refractivity contribution in [1.29, 1.82) is 0 Å². The molecular formula is C17H24N4. The molecule has 0 amide bonds. The monoisotopic (exact) mass is 284 g/mol. The first-order valence-corrected chi connectivity index (χ1v) is 7.76. The Bertz CT molecular complexity index is 590. The molecule has 112 valence electrons.